The van der Waals surface area contributed by atoms with Crippen molar-refractivity contribution < 1.29 is 18.8 Å². The molecular formula is C14H16N2O4. The minimum Gasteiger partial charge on any atom is -0.496 e. The third-order valence-electron chi connectivity index (χ3n) is 2.82. The fourth-order valence-corrected chi connectivity index (χ4v) is 1.70. The van der Waals surface area contributed by atoms with Crippen molar-refractivity contribution >= 4 is 5.97 Å². The highest BCUT2D eigenvalue weighted by Crippen LogP contribution is 2.22. The first-order valence-electron chi connectivity index (χ1n) is 6.17. The molecular weight excluding hydrogens is 260 g/mol. The molecule has 0 bridgehead atoms. The Morgan fingerprint density at radius 2 is 2.10 bits per heavy atom. The molecule has 20 heavy (non-hydrogen) atoms. The molecule has 0 aliphatic heterocycles. The molecule has 0 aliphatic rings. The van der Waals surface area contributed by atoms with Crippen LogP contribution in [0.5, 0.6) is 5.75 Å². The fraction of sp³-hybridized carbons (Fsp3) is 0.357. The van der Waals surface area contributed by atoms with Gasteiger partial charge in [-0.05, 0) is 38.5 Å². The van der Waals surface area contributed by atoms with Crippen molar-refractivity contribution in [1.29, 1.82) is 0 Å². The first-order valence-corrected chi connectivity index (χ1v) is 6.17. The van der Waals surface area contributed by atoms with Gasteiger partial charge in [-0.3, -0.25) is 0 Å². The molecule has 0 saturated carbocycles. The van der Waals surface area contributed by atoms with Crippen LogP contribution in [0.3, 0.4) is 0 Å². The molecule has 1 atom stereocenters. The molecule has 6 nitrogen and oxygen atoms in total. The number of aryl methyl sites for hydroxylation is 2. The Morgan fingerprint density at radius 3 is 2.70 bits per heavy atom. The molecule has 2 aromatic rings. The number of esters is 1. The monoisotopic (exact) mass is 276 g/mol. The second kappa shape index (κ2) is 5.73. The van der Waals surface area contributed by atoms with Crippen LogP contribution in [-0.4, -0.2) is 23.2 Å². The van der Waals surface area contributed by atoms with Crippen LogP contribution in [0.1, 0.15) is 40.7 Å². The number of methoxy groups -OCH3 is 1. The molecule has 0 fully saturated rings. The summed E-state index contributed by atoms with van der Waals surface area (Å²) in [5.74, 6) is 0.947. The Labute approximate surface area is 116 Å². The Kier molecular flexibility index (Phi) is 4.02. The lowest BCUT2D eigenvalue weighted by molar-refractivity contribution is 0.0265. The summed E-state index contributed by atoms with van der Waals surface area (Å²) >= 11 is 0. The van der Waals surface area contributed by atoms with Gasteiger partial charge in [0.15, 0.2) is 11.9 Å². The summed E-state index contributed by atoms with van der Waals surface area (Å²) < 4.78 is 15.4. The Bertz CT molecular complexity index is 621. The van der Waals surface area contributed by atoms with Crippen LogP contribution in [-0.2, 0) is 4.74 Å². The summed E-state index contributed by atoms with van der Waals surface area (Å²) in [6.07, 6.45) is -0.601. The van der Waals surface area contributed by atoms with Crippen LogP contribution in [0.2, 0.25) is 0 Å². The van der Waals surface area contributed by atoms with E-state index in [2.05, 4.69) is 10.1 Å². The minimum absolute atomic E-state index is 0.273. The number of rotatable bonds is 4. The topological polar surface area (TPSA) is 74.5 Å². The molecule has 106 valence electrons. The SMILES string of the molecule is COc1cc(C(=O)O[C@@H](C)c2nc(C)no2)ccc1C. The zero-order valence-corrected chi connectivity index (χ0v) is 11.8. The van der Waals surface area contributed by atoms with Gasteiger partial charge in [0.1, 0.15) is 5.75 Å². The quantitative estimate of drug-likeness (QED) is 0.799. The van der Waals surface area contributed by atoms with E-state index >= 15 is 0 Å². The predicted molar refractivity (Wildman–Crippen MR) is 70.6 cm³/mol. The molecule has 2 rings (SSSR count). The van der Waals surface area contributed by atoms with E-state index in [1.807, 2.05) is 6.92 Å². The smallest absolute Gasteiger partial charge is 0.339 e. The Balaban J connectivity index is 2.12. The molecule has 0 amide bonds. The van der Waals surface area contributed by atoms with Gasteiger partial charge in [0.2, 0.25) is 0 Å². The van der Waals surface area contributed by atoms with Crippen LogP contribution < -0.4 is 4.74 Å². The van der Waals surface area contributed by atoms with Crippen molar-refractivity contribution in [2.45, 2.75) is 26.9 Å². The lowest BCUT2D eigenvalue weighted by Gasteiger charge is -2.10. The largest absolute Gasteiger partial charge is 0.496 e. The van der Waals surface area contributed by atoms with Crippen LogP contribution in [0.25, 0.3) is 0 Å². The van der Waals surface area contributed by atoms with Gasteiger partial charge in [0, 0.05) is 0 Å². The van der Waals surface area contributed by atoms with Gasteiger partial charge in [0.25, 0.3) is 5.89 Å². The zero-order valence-electron chi connectivity index (χ0n) is 11.8. The first-order chi connectivity index (χ1) is 9.51. The maximum atomic E-state index is 12.0. The third-order valence-corrected chi connectivity index (χ3v) is 2.82. The maximum absolute atomic E-state index is 12.0. The summed E-state index contributed by atoms with van der Waals surface area (Å²) in [5, 5.41) is 3.66. The third kappa shape index (κ3) is 2.96. The van der Waals surface area contributed by atoms with Gasteiger partial charge < -0.3 is 14.0 Å². The molecule has 1 aromatic heterocycles. The van der Waals surface area contributed by atoms with E-state index < -0.39 is 12.1 Å². The number of benzene rings is 1. The fourth-order valence-electron chi connectivity index (χ4n) is 1.70. The predicted octanol–water partition coefficient (Wildman–Crippen LogP) is 2.61. The second-order valence-corrected chi connectivity index (χ2v) is 4.41. The maximum Gasteiger partial charge on any atom is 0.339 e. The van der Waals surface area contributed by atoms with Crippen LogP contribution >= 0.6 is 0 Å². The van der Waals surface area contributed by atoms with Crippen LogP contribution in [0.4, 0.5) is 0 Å². The molecule has 1 heterocycles. The highest BCUT2D eigenvalue weighted by Gasteiger charge is 2.19. The molecule has 0 radical (unpaired) electrons. The van der Waals surface area contributed by atoms with Gasteiger partial charge in [0.05, 0.1) is 12.7 Å². The molecule has 0 unspecified atom stereocenters. The number of ether oxygens (including phenoxy) is 2. The van der Waals surface area contributed by atoms with E-state index in [0.717, 1.165) is 5.56 Å². The highest BCUT2D eigenvalue weighted by molar-refractivity contribution is 5.90. The van der Waals surface area contributed by atoms with Crippen molar-refractivity contribution in [3.8, 4) is 5.75 Å². The number of carbonyl (C=O) groups is 1. The first kappa shape index (κ1) is 14.0. The zero-order chi connectivity index (χ0) is 14.7. The van der Waals surface area contributed by atoms with Crippen molar-refractivity contribution in [2.75, 3.05) is 7.11 Å². The number of nitrogens with zero attached hydrogens (tertiary/aromatic N) is 2. The molecule has 0 N–H and O–H groups in total. The number of hydrogen-bond acceptors (Lipinski definition) is 6. The van der Waals surface area contributed by atoms with E-state index in [4.69, 9.17) is 14.0 Å². The normalized spacial score (nSPS) is 12.0. The molecule has 1 aromatic carbocycles. The standard InChI is InChI=1S/C14H16N2O4/c1-8-5-6-11(7-12(8)18-4)14(17)19-9(2)13-15-10(3)16-20-13/h5-7,9H,1-4H3/t9-/m0/s1. The van der Waals surface area contributed by atoms with Crippen molar-refractivity contribution in [1.82, 2.24) is 10.1 Å². The molecule has 0 saturated heterocycles. The Morgan fingerprint density at radius 1 is 1.35 bits per heavy atom. The molecule has 6 heteroatoms. The average Bonchev–Trinajstić information content (AvgIpc) is 2.86. The lowest BCUT2D eigenvalue weighted by atomic mass is 10.1. The van der Waals surface area contributed by atoms with E-state index in [-0.39, 0.29) is 5.89 Å². The van der Waals surface area contributed by atoms with Crippen LogP contribution in [0.15, 0.2) is 22.7 Å². The summed E-state index contributed by atoms with van der Waals surface area (Å²) in [6, 6.07) is 5.13. The summed E-state index contributed by atoms with van der Waals surface area (Å²) in [7, 11) is 1.56. The number of hydrogen-bond donors (Lipinski definition) is 0. The van der Waals surface area contributed by atoms with Crippen molar-refractivity contribution in [3.05, 3.63) is 41.0 Å². The summed E-state index contributed by atoms with van der Waals surface area (Å²) in [5.41, 5.74) is 1.36. The summed E-state index contributed by atoms with van der Waals surface area (Å²) in [4.78, 5) is 16.1. The van der Waals surface area contributed by atoms with Gasteiger partial charge in [-0.2, -0.15) is 4.98 Å². The summed E-state index contributed by atoms with van der Waals surface area (Å²) in [6.45, 7) is 5.28. The van der Waals surface area contributed by atoms with Gasteiger partial charge >= 0.3 is 5.97 Å². The van der Waals surface area contributed by atoms with Gasteiger partial charge in [-0.25, -0.2) is 4.79 Å². The molecule has 0 aliphatic carbocycles. The van der Waals surface area contributed by atoms with Crippen molar-refractivity contribution in [2.24, 2.45) is 0 Å². The van der Waals surface area contributed by atoms with Crippen LogP contribution in [0, 0.1) is 13.8 Å². The second-order valence-electron chi connectivity index (χ2n) is 4.41. The van der Waals surface area contributed by atoms with E-state index in [1.54, 1.807) is 39.2 Å². The minimum atomic E-state index is -0.601. The Hall–Kier alpha value is -2.37. The van der Waals surface area contributed by atoms with Gasteiger partial charge in [-0.1, -0.05) is 11.2 Å². The average molecular weight is 276 g/mol. The highest BCUT2D eigenvalue weighted by atomic mass is 16.6. The number of carbonyl (C=O) groups excluding carboxylic acids is 1. The number of aromatic nitrogens is 2. The van der Waals surface area contributed by atoms with E-state index in [1.165, 1.54) is 0 Å². The van der Waals surface area contributed by atoms with E-state index in [9.17, 15) is 4.79 Å². The molecule has 0 spiro atoms. The van der Waals surface area contributed by atoms with Crippen molar-refractivity contribution in [3.63, 3.8) is 0 Å². The lowest BCUT2D eigenvalue weighted by Crippen LogP contribution is -2.10. The van der Waals surface area contributed by atoms with Gasteiger partial charge in [-0.15, -0.1) is 0 Å². The van der Waals surface area contributed by atoms with E-state index in [0.29, 0.717) is 17.1 Å².